The van der Waals surface area contributed by atoms with Crippen LogP contribution in [0.3, 0.4) is 0 Å². The SMILES string of the molecule is CCOCCCNC(=O)c1ccc(-n2[nH]cc(-c3ccnc(OC)c3)c2=O)nc1. The van der Waals surface area contributed by atoms with Crippen LogP contribution in [0.4, 0.5) is 0 Å². The molecule has 0 fully saturated rings. The van der Waals surface area contributed by atoms with Gasteiger partial charge in [0.15, 0.2) is 5.82 Å². The molecule has 3 heterocycles. The molecule has 0 bridgehead atoms. The lowest BCUT2D eigenvalue weighted by Crippen LogP contribution is -2.25. The Bertz CT molecular complexity index is 1010. The highest BCUT2D eigenvalue weighted by Crippen LogP contribution is 2.19. The van der Waals surface area contributed by atoms with Crippen molar-refractivity contribution in [3.8, 4) is 22.8 Å². The van der Waals surface area contributed by atoms with Crippen molar-refractivity contribution in [1.82, 2.24) is 25.1 Å². The number of pyridine rings is 2. The molecule has 29 heavy (non-hydrogen) atoms. The highest BCUT2D eigenvalue weighted by molar-refractivity contribution is 5.93. The minimum atomic E-state index is -0.265. The molecule has 3 aromatic heterocycles. The number of hydrogen-bond donors (Lipinski definition) is 2. The van der Waals surface area contributed by atoms with Gasteiger partial charge in [-0.05, 0) is 37.1 Å². The number of hydrogen-bond acceptors (Lipinski definition) is 6. The zero-order valence-electron chi connectivity index (χ0n) is 16.3. The van der Waals surface area contributed by atoms with Gasteiger partial charge in [0, 0.05) is 44.4 Å². The number of H-pyrrole nitrogens is 1. The van der Waals surface area contributed by atoms with Gasteiger partial charge in [0.25, 0.3) is 11.5 Å². The number of aromatic nitrogens is 4. The zero-order valence-corrected chi connectivity index (χ0v) is 16.3. The standard InChI is InChI=1S/C20H23N5O4/c1-3-29-10-4-8-22-19(26)15-5-6-17(23-12-15)25-20(27)16(13-24-25)14-7-9-21-18(11-14)28-2/h5-7,9,11-13,24H,3-4,8,10H2,1-2H3,(H,22,26). The van der Waals surface area contributed by atoms with E-state index in [4.69, 9.17) is 9.47 Å². The van der Waals surface area contributed by atoms with E-state index in [1.165, 1.54) is 18.0 Å². The number of amides is 1. The molecule has 0 saturated heterocycles. The van der Waals surface area contributed by atoms with Crippen LogP contribution in [0, 0.1) is 0 Å². The second-order valence-electron chi connectivity index (χ2n) is 6.13. The predicted octanol–water partition coefficient (Wildman–Crippen LogP) is 1.79. The molecule has 9 nitrogen and oxygen atoms in total. The first-order chi connectivity index (χ1) is 14.1. The molecule has 0 unspecified atom stereocenters. The Hall–Kier alpha value is -3.46. The van der Waals surface area contributed by atoms with Crippen molar-refractivity contribution in [2.24, 2.45) is 0 Å². The zero-order chi connectivity index (χ0) is 20.6. The van der Waals surface area contributed by atoms with E-state index in [1.54, 1.807) is 36.7 Å². The number of nitrogens with one attached hydrogen (secondary N) is 2. The highest BCUT2D eigenvalue weighted by Gasteiger charge is 2.13. The maximum Gasteiger partial charge on any atom is 0.280 e. The van der Waals surface area contributed by atoms with Crippen molar-refractivity contribution in [2.45, 2.75) is 13.3 Å². The van der Waals surface area contributed by atoms with Crippen LogP contribution in [-0.2, 0) is 4.74 Å². The van der Waals surface area contributed by atoms with E-state index in [1.807, 2.05) is 6.92 Å². The first-order valence-electron chi connectivity index (χ1n) is 9.27. The fourth-order valence-electron chi connectivity index (χ4n) is 2.71. The van der Waals surface area contributed by atoms with Gasteiger partial charge in [-0.2, -0.15) is 0 Å². The molecule has 2 N–H and O–H groups in total. The number of carbonyl (C=O) groups is 1. The quantitative estimate of drug-likeness (QED) is 0.533. The van der Waals surface area contributed by atoms with Crippen molar-refractivity contribution in [1.29, 1.82) is 0 Å². The molecule has 0 saturated carbocycles. The minimum absolute atomic E-state index is 0.219. The number of rotatable bonds is 9. The Labute approximate surface area is 167 Å². The van der Waals surface area contributed by atoms with Gasteiger partial charge in [-0.15, -0.1) is 0 Å². The van der Waals surface area contributed by atoms with Crippen molar-refractivity contribution in [3.63, 3.8) is 0 Å². The highest BCUT2D eigenvalue weighted by atomic mass is 16.5. The van der Waals surface area contributed by atoms with E-state index in [0.717, 1.165) is 6.42 Å². The largest absolute Gasteiger partial charge is 0.481 e. The lowest BCUT2D eigenvalue weighted by Gasteiger charge is -2.06. The monoisotopic (exact) mass is 397 g/mol. The third-order valence-corrected chi connectivity index (χ3v) is 4.22. The Morgan fingerprint density at radius 3 is 2.86 bits per heavy atom. The van der Waals surface area contributed by atoms with Gasteiger partial charge in [0.2, 0.25) is 5.88 Å². The number of carbonyl (C=O) groups excluding carboxylic acids is 1. The van der Waals surface area contributed by atoms with Crippen LogP contribution in [0.1, 0.15) is 23.7 Å². The molecule has 0 aliphatic rings. The van der Waals surface area contributed by atoms with E-state index in [-0.39, 0.29) is 11.5 Å². The second kappa shape index (κ2) is 9.65. The van der Waals surface area contributed by atoms with E-state index >= 15 is 0 Å². The summed E-state index contributed by atoms with van der Waals surface area (Å²) in [6, 6.07) is 6.65. The maximum absolute atomic E-state index is 12.8. The summed E-state index contributed by atoms with van der Waals surface area (Å²) in [7, 11) is 1.52. The van der Waals surface area contributed by atoms with Crippen molar-refractivity contribution in [2.75, 3.05) is 26.9 Å². The fraction of sp³-hybridized carbons (Fsp3) is 0.300. The van der Waals surface area contributed by atoms with Crippen molar-refractivity contribution < 1.29 is 14.3 Å². The summed E-state index contributed by atoms with van der Waals surface area (Å²) in [5, 5.41) is 5.71. The topological polar surface area (TPSA) is 111 Å². The summed E-state index contributed by atoms with van der Waals surface area (Å²) in [4.78, 5) is 33.2. The van der Waals surface area contributed by atoms with Gasteiger partial charge in [0.05, 0.1) is 18.2 Å². The molecule has 152 valence electrons. The van der Waals surface area contributed by atoms with Crippen LogP contribution in [-0.4, -0.2) is 52.5 Å². The molecule has 0 atom stereocenters. The average Bonchev–Trinajstić information content (AvgIpc) is 3.15. The Balaban J connectivity index is 1.71. The van der Waals surface area contributed by atoms with E-state index in [2.05, 4.69) is 20.4 Å². The third-order valence-electron chi connectivity index (χ3n) is 4.22. The van der Waals surface area contributed by atoms with Crippen LogP contribution in [0.25, 0.3) is 16.9 Å². The van der Waals surface area contributed by atoms with Gasteiger partial charge in [-0.1, -0.05) is 0 Å². The molecule has 0 radical (unpaired) electrons. The van der Waals surface area contributed by atoms with Gasteiger partial charge < -0.3 is 14.8 Å². The fourth-order valence-corrected chi connectivity index (χ4v) is 2.71. The van der Waals surface area contributed by atoms with Gasteiger partial charge in [-0.25, -0.2) is 14.6 Å². The van der Waals surface area contributed by atoms with Gasteiger partial charge >= 0.3 is 0 Å². The van der Waals surface area contributed by atoms with Crippen molar-refractivity contribution in [3.05, 3.63) is 58.8 Å². The van der Waals surface area contributed by atoms with Gasteiger partial charge in [0.1, 0.15) is 0 Å². The number of nitrogens with zero attached hydrogens (tertiary/aromatic N) is 3. The summed E-state index contributed by atoms with van der Waals surface area (Å²) in [6.45, 7) is 3.72. The lowest BCUT2D eigenvalue weighted by atomic mass is 10.1. The van der Waals surface area contributed by atoms with Gasteiger partial charge in [-0.3, -0.25) is 14.7 Å². The number of methoxy groups -OCH3 is 1. The average molecular weight is 397 g/mol. The normalized spacial score (nSPS) is 10.7. The molecule has 0 aliphatic heterocycles. The smallest absolute Gasteiger partial charge is 0.280 e. The van der Waals surface area contributed by atoms with E-state index < -0.39 is 0 Å². The molecule has 3 aromatic rings. The summed E-state index contributed by atoms with van der Waals surface area (Å²) in [6.07, 6.45) is 5.35. The summed E-state index contributed by atoms with van der Waals surface area (Å²) in [5.41, 5.74) is 1.30. The van der Waals surface area contributed by atoms with Crippen LogP contribution in [0.15, 0.2) is 47.7 Å². The summed E-state index contributed by atoms with van der Waals surface area (Å²) >= 11 is 0. The molecule has 1 amide bonds. The van der Waals surface area contributed by atoms with E-state index in [9.17, 15) is 9.59 Å². The molecule has 0 spiro atoms. The number of ether oxygens (including phenoxy) is 2. The Morgan fingerprint density at radius 1 is 1.28 bits per heavy atom. The van der Waals surface area contributed by atoms with E-state index in [0.29, 0.717) is 48.1 Å². The summed E-state index contributed by atoms with van der Waals surface area (Å²) < 4.78 is 11.6. The van der Waals surface area contributed by atoms with Crippen LogP contribution in [0.5, 0.6) is 5.88 Å². The maximum atomic E-state index is 12.8. The van der Waals surface area contributed by atoms with Crippen LogP contribution < -0.4 is 15.6 Å². The number of aromatic amines is 1. The molecule has 0 aliphatic carbocycles. The Kier molecular flexibility index (Phi) is 6.75. The molecule has 0 aromatic carbocycles. The first kappa shape index (κ1) is 20.3. The molecule has 9 heteroatoms. The second-order valence-corrected chi connectivity index (χ2v) is 6.13. The molecule has 3 rings (SSSR count). The molecular formula is C20H23N5O4. The molecular weight excluding hydrogens is 374 g/mol. The summed E-state index contributed by atoms with van der Waals surface area (Å²) in [5.74, 6) is 0.587. The minimum Gasteiger partial charge on any atom is -0.481 e. The predicted molar refractivity (Wildman–Crippen MR) is 107 cm³/mol. The lowest BCUT2D eigenvalue weighted by molar-refractivity contribution is 0.0944. The van der Waals surface area contributed by atoms with Crippen LogP contribution >= 0.6 is 0 Å². The third kappa shape index (κ3) is 4.88. The van der Waals surface area contributed by atoms with Crippen molar-refractivity contribution >= 4 is 5.91 Å². The Morgan fingerprint density at radius 2 is 2.14 bits per heavy atom. The first-order valence-corrected chi connectivity index (χ1v) is 9.27. The van der Waals surface area contributed by atoms with Crippen LogP contribution in [0.2, 0.25) is 0 Å².